The lowest BCUT2D eigenvalue weighted by Gasteiger charge is -2.13. The molecule has 172 valence electrons. The van der Waals surface area contributed by atoms with E-state index in [0.29, 0.717) is 19.0 Å². The molecule has 0 atom stereocenters. The monoisotopic (exact) mass is 458 g/mol. The summed E-state index contributed by atoms with van der Waals surface area (Å²) in [6.07, 6.45) is 5.65. The van der Waals surface area contributed by atoms with Crippen molar-refractivity contribution in [1.29, 1.82) is 0 Å². The molecule has 0 bridgehead atoms. The molecule has 0 amide bonds. The molecular formula is C24H30N2O5S. The number of sulfone groups is 1. The fourth-order valence-electron chi connectivity index (χ4n) is 3.03. The summed E-state index contributed by atoms with van der Waals surface area (Å²) in [5, 5.41) is -0.960. The SMILES string of the molecule is CCCCCOc1ccc(S(=O)(=O)C(=[N+]=[N-])C(=O)c2ccccc2)c(OCCCCC)c1. The molecule has 0 aliphatic heterocycles. The fourth-order valence-corrected chi connectivity index (χ4v) is 4.34. The first-order valence-corrected chi connectivity index (χ1v) is 12.4. The summed E-state index contributed by atoms with van der Waals surface area (Å²) in [7, 11) is -4.45. The van der Waals surface area contributed by atoms with E-state index >= 15 is 0 Å². The van der Waals surface area contributed by atoms with Crippen LogP contribution in [0.4, 0.5) is 0 Å². The normalized spacial score (nSPS) is 10.9. The highest BCUT2D eigenvalue weighted by molar-refractivity contribution is 8.08. The van der Waals surface area contributed by atoms with Crippen LogP contribution in [-0.2, 0) is 9.84 Å². The predicted molar refractivity (Wildman–Crippen MR) is 123 cm³/mol. The molecule has 7 nitrogen and oxygen atoms in total. The molecule has 32 heavy (non-hydrogen) atoms. The highest BCUT2D eigenvalue weighted by atomic mass is 32.2. The van der Waals surface area contributed by atoms with Crippen molar-refractivity contribution in [3.8, 4) is 11.5 Å². The van der Waals surface area contributed by atoms with Gasteiger partial charge in [-0.15, -0.1) is 4.79 Å². The lowest BCUT2D eigenvalue weighted by molar-refractivity contribution is -0.00159. The van der Waals surface area contributed by atoms with E-state index in [-0.39, 0.29) is 16.2 Å². The maximum Gasteiger partial charge on any atom is 0.457 e. The van der Waals surface area contributed by atoms with Crippen molar-refractivity contribution in [3.05, 3.63) is 59.6 Å². The summed E-state index contributed by atoms with van der Waals surface area (Å²) < 4.78 is 38.0. The van der Waals surface area contributed by atoms with Crippen LogP contribution in [0.3, 0.4) is 0 Å². The van der Waals surface area contributed by atoms with Gasteiger partial charge in [0.15, 0.2) is 0 Å². The Bertz CT molecular complexity index is 1050. The molecule has 8 heteroatoms. The largest absolute Gasteiger partial charge is 0.493 e. The van der Waals surface area contributed by atoms with Gasteiger partial charge < -0.3 is 15.0 Å². The molecule has 0 saturated heterocycles. The van der Waals surface area contributed by atoms with Gasteiger partial charge in [-0.2, -0.15) is 0 Å². The molecule has 0 heterocycles. The van der Waals surface area contributed by atoms with Gasteiger partial charge in [0.05, 0.1) is 13.2 Å². The van der Waals surface area contributed by atoms with E-state index in [2.05, 4.69) is 18.6 Å². The number of ether oxygens (including phenoxy) is 2. The molecule has 0 spiro atoms. The van der Waals surface area contributed by atoms with Gasteiger partial charge in [-0.05, 0) is 25.0 Å². The number of benzene rings is 2. The Morgan fingerprint density at radius 1 is 0.906 bits per heavy atom. The minimum atomic E-state index is -4.45. The number of nitrogens with zero attached hydrogens (tertiary/aromatic N) is 2. The molecule has 0 radical (unpaired) electrons. The lowest BCUT2D eigenvalue weighted by atomic mass is 10.1. The van der Waals surface area contributed by atoms with Crippen LogP contribution in [-0.4, -0.2) is 37.2 Å². The summed E-state index contributed by atoms with van der Waals surface area (Å²) in [6, 6.07) is 12.2. The zero-order chi connectivity index (χ0) is 23.4. The van der Waals surface area contributed by atoms with Gasteiger partial charge in [0.1, 0.15) is 16.4 Å². The Hall–Kier alpha value is -2.96. The molecule has 2 aromatic carbocycles. The van der Waals surface area contributed by atoms with E-state index in [1.54, 1.807) is 18.2 Å². The first-order valence-electron chi connectivity index (χ1n) is 10.9. The van der Waals surface area contributed by atoms with Crippen molar-refractivity contribution >= 4 is 20.7 Å². The average molecular weight is 459 g/mol. The minimum absolute atomic E-state index is 0.0658. The number of carbonyl (C=O) groups excluding carboxylic acids is 1. The van der Waals surface area contributed by atoms with Crippen molar-refractivity contribution in [1.82, 2.24) is 0 Å². The van der Waals surface area contributed by atoms with Gasteiger partial charge in [-0.25, -0.2) is 8.42 Å². The van der Waals surface area contributed by atoms with Crippen molar-refractivity contribution in [2.45, 2.75) is 57.3 Å². The number of hydrogen-bond acceptors (Lipinski definition) is 5. The van der Waals surface area contributed by atoms with E-state index in [1.807, 2.05) is 0 Å². The molecule has 0 aliphatic rings. The van der Waals surface area contributed by atoms with Gasteiger partial charge in [-0.1, -0.05) is 69.9 Å². The van der Waals surface area contributed by atoms with Crippen molar-refractivity contribution < 1.29 is 27.5 Å². The number of rotatable bonds is 13. The number of unbranched alkanes of at least 4 members (excludes halogenated alkanes) is 4. The second kappa shape index (κ2) is 12.8. The third-order valence-electron chi connectivity index (χ3n) is 4.80. The Morgan fingerprint density at radius 3 is 2.12 bits per heavy atom. The Morgan fingerprint density at radius 2 is 1.53 bits per heavy atom. The van der Waals surface area contributed by atoms with Crippen LogP contribution >= 0.6 is 0 Å². The van der Waals surface area contributed by atoms with E-state index in [0.717, 1.165) is 38.5 Å². The molecule has 0 saturated carbocycles. The third kappa shape index (κ3) is 6.77. The molecular weight excluding hydrogens is 428 g/mol. The number of carbonyl (C=O) groups is 1. The maximum atomic E-state index is 13.3. The zero-order valence-electron chi connectivity index (χ0n) is 18.6. The molecule has 0 unspecified atom stereocenters. The van der Waals surface area contributed by atoms with Crippen molar-refractivity contribution in [2.75, 3.05) is 13.2 Å². The third-order valence-corrected chi connectivity index (χ3v) is 6.49. The molecule has 0 fully saturated rings. The summed E-state index contributed by atoms with van der Waals surface area (Å²) >= 11 is 0. The molecule has 0 aromatic heterocycles. The molecule has 0 N–H and O–H groups in total. The van der Waals surface area contributed by atoms with Crippen LogP contribution in [0.1, 0.15) is 62.7 Å². The van der Waals surface area contributed by atoms with Crippen LogP contribution < -0.4 is 9.47 Å². The van der Waals surface area contributed by atoms with Crippen LogP contribution in [0.15, 0.2) is 53.4 Å². The minimum Gasteiger partial charge on any atom is -0.493 e. The van der Waals surface area contributed by atoms with E-state index in [4.69, 9.17) is 9.47 Å². The first kappa shape index (κ1) is 25.3. The van der Waals surface area contributed by atoms with Gasteiger partial charge in [0.2, 0.25) is 0 Å². The quantitative estimate of drug-likeness (QED) is 0.104. The Kier molecular flexibility index (Phi) is 10.1. The smallest absolute Gasteiger partial charge is 0.457 e. The van der Waals surface area contributed by atoms with Gasteiger partial charge in [0, 0.05) is 11.6 Å². The topological polar surface area (TPSA) is 106 Å². The second-order valence-corrected chi connectivity index (χ2v) is 9.16. The average Bonchev–Trinajstić information content (AvgIpc) is 2.80. The van der Waals surface area contributed by atoms with Gasteiger partial charge >= 0.3 is 5.04 Å². The summed E-state index contributed by atoms with van der Waals surface area (Å²) in [5.74, 6) is -0.358. The Labute approximate surface area is 189 Å². The molecule has 2 aromatic rings. The van der Waals surface area contributed by atoms with Crippen LogP contribution in [0.2, 0.25) is 0 Å². The summed E-state index contributed by atoms with van der Waals surface area (Å²) in [5.41, 5.74) is 9.54. The van der Waals surface area contributed by atoms with Crippen LogP contribution in [0.5, 0.6) is 11.5 Å². The van der Waals surface area contributed by atoms with Crippen LogP contribution in [0.25, 0.3) is 5.53 Å². The second-order valence-electron chi connectivity index (χ2n) is 7.32. The summed E-state index contributed by atoms with van der Waals surface area (Å²) in [4.78, 5) is 15.3. The van der Waals surface area contributed by atoms with E-state index < -0.39 is 20.7 Å². The van der Waals surface area contributed by atoms with Crippen molar-refractivity contribution in [2.24, 2.45) is 0 Å². The highest BCUT2D eigenvalue weighted by Gasteiger charge is 2.40. The Balaban J connectivity index is 2.38. The molecule has 2 rings (SSSR count). The molecule has 0 aliphatic carbocycles. The standard InChI is InChI=1S/C24H30N2O5S/c1-3-5-10-16-30-20-14-15-22(21(18-20)31-17-11-6-4-2)32(28,29)24(26-25)23(27)19-12-8-7-9-13-19/h7-9,12-15,18H,3-6,10-11,16-17H2,1-2H3. The number of hydrogen-bond donors (Lipinski definition) is 0. The van der Waals surface area contributed by atoms with Crippen molar-refractivity contribution in [3.63, 3.8) is 0 Å². The first-order chi connectivity index (χ1) is 15.5. The maximum absolute atomic E-state index is 13.3. The predicted octanol–water partition coefficient (Wildman–Crippen LogP) is 5.11. The highest BCUT2D eigenvalue weighted by Crippen LogP contribution is 2.31. The fraction of sp³-hybridized carbons (Fsp3) is 0.417. The number of ketones is 1. The van der Waals surface area contributed by atoms with Gasteiger partial charge in [0.25, 0.3) is 15.6 Å². The van der Waals surface area contributed by atoms with Gasteiger partial charge in [-0.3, -0.25) is 4.79 Å². The number of Topliss-reactive ketones (excluding diaryl/α,β-unsaturated/α-hetero) is 1. The zero-order valence-corrected chi connectivity index (χ0v) is 19.4. The van der Waals surface area contributed by atoms with E-state index in [9.17, 15) is 18.7 Å². The van der Waals surface area contributed by atoms with Crippen LogP contribution in [0, 0.1) is 0 Å². The van der Waals surface area contributed by atoms with E-state index in [1.165, 1.54) is 30.3 Å². The summed E-state index contributed by atoms with van der Waals surface area (Å²) in [6.45, 7) is 4.97. The lowest BCUT2D eigenvalue weighted by Crippen LogP contribution is -2.26.